The van der Waals surface area contributed by atoms with Crippen LogP contribution in [0.4, 0.5) is 0 Å². The lowest BCUT2D eigenvalue weighted by molar-refractivity contribution is -0.118. The summed E-state index contributed by atoms with van der Waals surface area (Å²) in [6.45, 7) is 0.354. The first-order valence-corrected chi connectivity index (χ1v) is 7.95. The third kappa shape index (κ3) is 3.06. The number of hydrogen-bond acceptors (Lipinski definition) is 2. The Morgan fingerprint density at radius 3 is 2.85 bits per heavy atom. The first kappa shape index (κ1) is 13.7. The van der Waals surface area contributed by atoms with E-state index in [9.17, 15) is 4.79 Å². The third-order valence-corrected chi connectivity index (χ3v) is 4.41. The second kappa shape index (κ2) is 6.00. The van der Waals surface area contributed by atoms with Crippen molar-refractivity contribution in [1.29, 1.82) is 0 Å². The number of carbonyl (C=O) groups is 1. The Bertz CT molecular complexity index is 547. The molecule has 1 aromatic carbocycles. The van der Waals surface area contributed by atoms with Gasteiger partial charge in [0.05, 0.1) is 5.57 Å². The lowest BCUT2D eigenvalue weighted by Crippen LogP contribution is -2.38. The molecule has 3 nitrogen and oxygen atoms in total. The lowest BCUT2D eigenvalue weighted by Gasteiger charge is -2.24. The quantitative estimate of drug-likeness (QED) is 0.895. The molecule has 1 N–H and O–H groups in total. The fourth-order valence-corrected chi connectivity index (χ4v) is 3.18. The smallest absolute Gasteiger partial charge is 0.250 e. The number of fused-ring (bicyclic) bond motifs is 1. The molecule has 0 saturated heterocycles. The lowest BCUT2D eigenvalue weighted by atomic mass is 9.95. The van der Waals surface area contributed by atoms with Gasteiger partial charge in [-0.15, -0.1) is 0 Å². The van der Waals surface area contributed by atoms with Crippen molar-refractivity contribution in [1.82, 2.24) is 5.32 Å². The van der Waals surface area contributed by atoms with Crippen molar-refractivity contribution in [2.24, 2.45) is 0 Å². The Labute approximate surface area is 127 Å². The van der Waals surface area contributed by atoms with Crippen LogP contribution in [0.25, 0.3) is 6.08 Å². The van der Waals surface area contributed by atoms with E-state index in [-0.39, 0.29) is 5.91 Å². The molecular weight excluding hydrogens is 318 g/mol. The fourth-order valence-electron chi connectivity index (χ4n) is 2.80. The van der Waals surface area contributed by atoms with E-state index in [0.717, 1.165) is 28.6 Å². The zero-order valence-electron chi connectivity index (χ0n) is 11.3. The maximum absolute atomic E-state index is 12.3. The van der Waals surface area contributed by atoms with Gasteiger partial charge in [-0.25, -0.2) is 0 Å². The van der Waals surface area contributed by atoms with E-state index in [2.05, 4.69) is 21.2 Å². The first-order chi connectivity index (χ1) is 9.72. The molecule has 1 aliphatic carbocycles. The molecular formula is C16H18BrNO2. The van der Waals surface area contributed by atoms with Gasteiger partial charge in [0, 0.05) is 16.1 Å². The van der Waals surface area contributed by atoms with E-state index >= 15 is 0 Å². The number of hydrogen-bond donors (Lipinski definition) is 1. The molecule has 1 saturated carbocycles. The Morgan fingerprint density at radius 2 is 2.05 bits per heavy atom. The van der Waals surface area contributed by atoms with Crippen LogP contribution in [0.3, 0.4) is 0 Å². The number of rotatable bonds is 2. The molecule has 4 heteroatoms. The zero-order chi connectivity index (χ0) is 13.9. The summed E-state index contributed by atoms with van der Waals surface area (Å²) >= 11 is 3.44. The van der Waals surface area contributed by atoms with Crippen molar-refractivity contribution in [3.05, 3.63) is 33.8 Å². The van der Waals surface area contributed by atoms with Gasteiger partial charge in [-0.05, 0) is 37.1 Å². The van der Waals surface area contributed by atoms with Gasteiger partial charge in [-0.1, -0.05) is 35.2 Å². The van der Waals surface area contributed by atoms with Crippen LogP contribution in [0.15, 0.2) is 28.2 Å². The van der Waals surface area contributed by atoms with Gasteiger partial charge < -0.3 is 10.1 Å². The number of ether oxygens (including phenoxy) is 1. The average Bonchev–Trinajstić information content (AvgIpc) is 2.47. The standard InChI is InChI=1S/C16H18BrNO2/c17-13-6-7-15-11(9-13)8-12(10-20-15)16(19)18-14-4-2-1-3-5-14/h6-9,14H,1-5,10H2,(H,18,19). The van der Waals surface area contributed by atoms with Crippen LogP contribution in [0.5, 0.6) is 5.75 Å². The predicted molar refractivity (Wildman–Crippen MR) is 82.6 cm³/mol. The van der Waals surface area contributed by atoms with Crippen LogP contribution in [0, 0.1) is 0 Å². The van der Waals surface area contributed by atoms with Crippen molar-refractivity contribution >= 4 is 27.9 Å². The van der Waals surface area contributed by atoms with E-state index in [0.29, 0.717) is 18.2 Å². The number of carbonyl (C=O) groups excluding carboxylic acids is 1. The molecule has 1 amide bonds. The SMILES string of the molecule is O=C(NC1CCCCC1)C1=Cc2cc(Br)ccc2OC1. The predicted octanol–water partition coefficient (Wildman–Crippen LogP) is 3.67. The molecule has 20 heavy (non-hydrogen) atoms. The molecule has 1 aromatic rings. The molecule has 0 unspecified atom stereocenters. The second-order valence-corrected chi connectivity index (χ2v) is 6.36. The molecule has 2 aliphatic rings. The Balaban J connectivity index is 1.72. The van der Waals surface area contributed by atoms with Gasteiger partial charge in [-0.2, -0.15) is 0 Å². The summed E-state index contributed by atoms with van der Waals surface area (Å²) in [5, 5.41) is 3.14. The van der Waals surface area contributed by atoms with Crippen LogP contribution in [0.1, 0.15) is 37.7 Å². The van der Waals surface area contributed by atoms with Crippen molar-refractivity contribution in [2.45, 2.75) is 38.1 Å². The summed E-state index contributed by atoms with van der Waals surface area (Å²) in [4.78, 5) is 12.3. The highest BCUT2D eigenvalue weighted by atomic mass is 79.9. The van der Waals surface area contributed by atoms with E-state index in [1.165, 1.54) is 19.3 Å². The molecule has 0 radical (unpaired) electrons. The summed E-state index contributed by atoms with van der Waals surface area (Å²) in [5.74, 6) is 0.852. The largest absolute Gasteiger partial charge is 0.488 e. The van der Waals surface area contributed by atoms with Gasteiger partial charge in [0.25, 0.3) is 5.91 Å². The molecule has 106 valence electrons. The third-order valence-electron chi connectivity index (χ3n) is 3.92. The summed E-state index contributed by atoms with van der Waals surface area (Å²) in [5.41, 5.74) is 1.67. The van der Waals surface area contributed by atoms with E-state index < -0.39 is 0 Å². The van der Waals surface area contributed by atoms with Gasteiger partial charge in [0.15, 0.2) is 0 Å². The summed E-state index contributed by atoms with van der Waals surface area (Å²) in [6.07, 6.45) is 7.86. The molecule has 0 spiro atoms. The molecule has 0 atom stereocenters. The highest BCUT2D eigenvalue weighted by molar-refractivity contribution is 9.10. The van der Waals surface area contributed by atoms with Crippen molar-refractivity contribution in [3.63, 3.8) is 0 Å². The van der Waals surface area contributed by atoms with Crippen LogP contribution in [-0.2, 0) is 4.79 Å². The Kier molecular flexibility index (Phi) is 4.10. The first-order valence-electron chi connectivity index (χ1n) is 7.16. The highest BCUT2D eigenvalue weighted by Gasteiger charge is 2.21. The summed E-state index contributed by atoms with van der Waals surface area (Å²) < 4.78 is 6.64. The maximum atomic E-state index is 12.3. The van der Waals surface area contributed by atoms with Crippen molar-refractivity contribution in [3.8, 4) is 5.75 Å². The topological polar surface area (TPSA) is 38.3 Å². The van der Waals surface area contributed by atoms with E-state index in [1.54, 1.807) is 0 Å². The van der Waals surface area contributed by atoms with Crippen LogP contribution < -0.4 is 10.1 Å². The normalized spacial score (nSPS) is 18.8. The number of benzene rings is 1. The van der Waals surface area contributed by atoms with Crippen LogP contribution in [-0.4, -0.2) is 18.6 Å². The zero-order valence-corrected chi connectivity index (χ0v) is 12.9. The fraction of sp³-hybridized carbons (Fsp3) is 0.438. The Hall–Kier alpha value is -1.29. The summed E-state index contributed by atoms with van der Waals surface area (Å²) in [7, 11) is 0. The Morgan fingerprint density at radius 1 is 1.25 bits per heavy atom. The molecule has 1 heterocycles. The van der Waals surface area contributed by atoms with Crippen LogP contribution >= 0.6 is 15.9 Å². The highest BCUT2D eigenvalue weighted by Crippen LogP contribution is 2.29. The average molecular weight is 336 g/mol. The van der Waals surface area contributed by atoms with Gasteiger partial charge in [0.1, 0.15) is 12.4 Å². The van der Waals surface area contributed by atoms with Gasteiger partial charge in [0.2, 0.25) is 0 Å². The minimum absolute atomic E-state index is 0.0162. The van der Waals surface area contributed by atoms with E-state index in [4.69, 9.17) is 4.74 Å². The number of halogens is 1. The van der Waals surface area contributed by atoms with Gasteiger partial charge in [-0.3, -0.25) is 4.79 Å². The minimum atomic E-state index is 0.0162. The van der Waals surface area contributed by atoms with Gasteiger partial charge >= 0.3 is 0 Å². The second-order valence-electron chi connectivity index (χ2n) is 5.45. The number of nitrogens with one attached hydrogen (secondary N) is 1. The monoisotopic (exact) mass is 335 g/mol. The molecule has 0 aromatic heterocycles. The van der Waals surface area contributed by atoms with Crippen molar-refractivity contribution in [2.75, 3.05) is 6.61 Å². The molecule has 3 rings (SSSR count). The molecule has 1 aliphatic heterocycles. The molecule has 0 bridgehead atoms. The summed E-state index contributed by atoms with van der Waals surface area (Å²) in [6, 6.07) is 6.18. The van der Waals surface area contributed by atoms with Crippen LogP contribution in [0.2, 0.25) is 0 Å². The van der Waals surface area contributed by atoms with Crippen molar-refractivity contribution < 1.29 is 9.53 Å². The van der Waals surface area contributed by atoms with E-state index in [1.807, 2.05) is 24.3 Å². The maximum Gasteiger partial charge on any atom is 0.250 e. The minimum Gasteiger partial charge on any atom is -0.488 e. The molecule has 1 fully saturated rings. The number of amides is 1.